The molecule has 0 aromatic heterocycles. The van der Waals surface area contributed by atoms with Crippen molar-refractivity contribution < 1.29 is 27.8 Å². The molecule has 0 aliphatic rings. The van der Waals surface area contributed by atoms with Gasteiger partial charge in [0.1, 0.15) is 5.75 Å². The Balaban J connectivity index is 1.79. The van der Waals surface area contributed by atoms with Crippen molar-refractivity contribution in [1.82, 2.24) is 4.90 Å². The average molecular weight is 574 g/mol. The molecular formula is C32H35ClF3NO3. The molecule has 3 aromatic carbocycles. The van der Waals surface area contributed by atoms with E-state index >= 15 is 0 Å². The second kappa shape index (κ2) is 14.9. The van der Waals surface area contributed by atoms with Crippen molar-refractivity contribution in [2.24, 2.45) is 0 Å². The lowest BCUT2D eigenvalue weighted by Gasteiger charge is -2.30. The fourth-order valence-electron chi connectivity index (χ4n) is 4.70. The van der Waals surface area contributed by atoms with Gasteiger partial charge in [-0.25, -0.2) is 0 Å². The average Bonchev–Trinajstić information content (AvgIpc) is 2.90. The van der Waals surface area contributed by atoms with E-state index in [1.54, 1.807) is 30.3 Å². The van der Waals surface area contributed by atoms with Gasteiger partial charge in [-0.1, -0.05) is 91.7 Å². The lowest BCUT2D eigenvalue weighted by atomic mass is 9.89. The number of carbonyl (C=O) groups is 1. The Kier molecular flexibility index (Phi) is 11.6. The summed E-state index contributed by atoms with van der Waals surface area (Å²) in [5.74, 6) is -0.345. The van der Waals surface area contributed by atoms with Crippen LogP contribution in [0.5, 0.6) is 5.75 Å². The Morgan fingerprint density at radius 2 is 1.80 bits per heavy atom. The van der Waals surface area contributed by atoms with Gasteiger partial charge in [0.25, 0.3) is 0 Å². The molecule has 0 radical (unpaired) electrons. The van der Waals surface area contributed by atoms with Crippen molar-refractivity contribution in [3.8, 4) is 5.75 Å². The van der Waals surface area contributed by atoms with Crippen molar-refractivity contribution in [2.45, 2.75) is 51.2 Å². The Hall–Kier alpha value is -3.29. The van der Waals surface area contributed by atoms with E-state index in [1.165, 1.54) is 6.07 Å². The molecule has 40 heavy (non-hydrogen) atoms. The van der Waals surface area contributed by atoms with Crippen LogP contribution in [0.4, 0.5) is 13.2 Å². The first-order valence-electron chi connectivity index (χ1n) is 13.3. The van der Waals surface area contributed by atoms with Gasteiger partial charge in [0.05, 0.1) is 23.6 Å². The van der Waals surface area contributed by atoms with Crippen LogP contribution in [-0.2, 0) is 23.9 Å². The van der Waals surface area contributed by atoms with Gasteiger partial charge in [-0.05, 0) is 47.7 Å². The minimum atomic E-state index is -4.54. The number of carboxylic acid groups (broad SMARTS) is 1. The maximum atomic E-state index is 13.5. The van der Waals surface area contributed by atoms with Gasteiger partial charge in [0.2, 0.25) is 0 Å². The summed E-state index contributed by atoms with van der Waals surface area (Å²) < 4.78 is 46.5. The number of hydrogen-bond acceptors (Lipinski definition) is 3. The van der Waals surface area contributed by atoms with Crippen LogP contribution in [0.3, 0.4) is 0 Å². The van der Waals surface area contributed by atoms with E-state index in [4.69, 9.17) is 21.4 Å². The van der Waals surface area contributed by atoms with Gasteiger partial charge in [-0.2, -0.15) is 13.2 Å². The van der Waals surface area contributed by atoms with Crippen molar-refractivity contribution in [1.29, 1.82) is 0 Å². The fourth-order valence-corrected chi connectivity index (χ4v) is 5.00. The van der Waals surface area contributed by atoms with Crippen LogP contribution in [0.25, 0.3) is 0 Å². The number of aliphatic carboxylic acids is 1. The highest BCUT2D eigenvalue weighted by Gasteiger charge is 2.34. The van der Waals surface area contributed by atoms with E-state index in [1.807, 2.05) is 30.3 Å². The zero-order valence-corrected chi connectivity index (χ0v) is 23.3. The SMILES string of the molecule is C=C(CCC)C(CN(CCCOc1cccc(CC(=O)O)c1)Cc1cccc(C(F)(F)F)c1Cl)c1ccccc1. The molecule has 4 nitrogen and oxygen atoms in total. The molecule has 1 atom stereocenters. The number of alkyl halides is 3. The van der Waals surface area contributed by atoms with Crippen LogP contribution in [0.1, 0.15) is 54.4 Å². The van der Waals surface area contributed by atoms with E-state index in [-0.39, 0.29) is 23.9 Å². The Morgan fingerprint density at radius 3 is 2.48 bits per heavy atom. The fraction of sp³-hybridized carbons (Fsp3) is 0.344. The molecule has 0 heterocycles. The van der Waals surface area contributed by atoms with Crippen molar-refractivity contribution in [3.05, 3.63) is 112 Å². The van der Waals surface area contributed by atoms with Crippen LogP contribution in [0.15, 0.2) is 84.9 Å². The number of hydrogen-bond donors (Lipinski definition) is 1. The maximum absolute atomic E-state index is 13.5. The lowest BCUT2D eigenvalue weighted by molar-refractivity contribution is -0.138. The highest BCUT2D eigenvalue weighted by Crippen LogP contribution is 2.37. The van der Waals surface area contributed by atoms with Gasteiger partial charge < -0.3 is 9.84 Å². The van der Waals surface area contributed by atoms with E-state index in [0.29, 0.717) is 43.0 Å². The summed E-state index contributed by atoms with van der Waals surface area (Å²) in [7, 11) is 0. The first-order chi connectivity index (χ1) is 19.1. The summed E-state index contributed by atoms with van der Waals surface area (Å²) in [4.78, 5) is 13.1. The second-order valence-corrected chi connectivity index (χ2v) is 10.2. The zero-order chi connectivity index (χ0) is 29.1. The van der Waals surface area contributed by atoms with Gasteiger partial charge in [-0.15, -0.1) is 0 Å². The monoisotopic (exact) mass is 573 g/mol. The molecule has 0 aliphatic heterocycles. The van der Waals surface area contributed by atoms with Gasteiger partial charge in [0.15, 0.2) is 0 Å². The van der Waals surface area contributed by atoms with Gasteiger partial charge >= 0.3 is 12.1 Å². The summed E-state index contributed by atoms with van der Waals surface area (Å²) in [6, 6.07) is 21.0. The highest BCUT2D eigenvalue weighted by molar-refractivity contribution is 6.32. The number of benzene rings is 3. The molecule has 1 N–H and O–H groups in total. The largest absolute Gasteiger partial charge is 0.494 e. The predicted molar refractivity (Wildman–Crippen MR) is 153 cm³/mol. The number of halogens is 4. The summed E-state index contributed by atoms with van der Waals surface area (Å²) >= 11 is 6.26. The minimum absolute atomic E-state index is 0.000608. The summed E-state index contributed by atoms with van der Waals surface area (Å²) in [5.41, 5.74) is 2.39. The zero-order valence-electron chi connectivity index (χ0n) is 22.6. The van der Waals surface area contributed by atoms with Crippen LogP contribution >= 0.6 is 11.6 Å². The Morgan fingerprint density at radius 1 is 1.07 bits per heavy atom. The van der Waals surface area contributed by atoms with Crippen LogP contribution < -0.4 is 4.74 Å². The first-order valence-corrected chi connectivity index (χ1v) is 13.7. The lowest BCUT2D eigenvalue weighted by Crippen LogP contribution is -2.31. The summed E-state index contributed by atoms with van der Waals surface area (Å²) in [6.45, 7) is 8.13. The minimum Gasteiger partial charge on any atom is -0.494 e. The number of nitrogens with zero attached hydrogens (tertiary/aromatic N) is 1. The van der Waals surface area contributed by atoms with Gasteiger partial charge in [-0.3, -0.25) is 9.69 Å². The highest BCUT2D eigenvalue weighted by atomic mass is 35.5. The number of rotatable bonds is 15. The van der Waals surface area contributed by atoms with Crippen LogP contribution in [-0.4, -0.2) is 35.7 Å². The molecule has 1 unspecified atom stereocenters. The molecule has 8 heteroatoms. The molecule has 3 rings (SSSR count). The van der Waals surface area contributed by atoms with Crippen molar-refractivity contribution in [2.75, 3.05) is 19.7 Å². The summed E-state index contributed by atoms with van der Waals surface area (Å²) in [6.07, 6.45) is -2.25. The van der Waals surface area contributed by atoms with Crippen molar-refractivity contribution in [3.63, 3.8) is 0 Å². The van der Waals surface area contributed by atoms with E-state index in [9.17, 15) is 18.0 Å². The number of carboxylic acids is 1. The standard InChI is InChI=1S/C32H35ClF3NO3/c1-3-10-23(2)28(25-12-5-4-6-13-25)22-37(21-26-14-8-16-29(31(26)33)32(34,35)36)17-9-18-40-27-15-7-11-24(19-27)20-30(38)39/h4-8,11-16,19,28H,2-3,9-10,17-18,20-22H2,1H3,(H,38,39). The first kappa shape index (κ1) is 31.2. The van der Waals surface area contributed by atoms with E-state index in [2.05, 4.69) is 18.4 Å². The molecule has 0 saturated heterocycles. The Labute approximate surface area is 239 Å². The molecule has 0 amide bonds. The predicted octanol–water partition coefficient (Wildman–Crippen LogP) is 8.40. The molecule has 0 saturated carbocycles. The molecule has 0 spiro atoms. The normalized spacial score (nSPS) is 12.3. The molecule has 0 fully saturated rings. The topological polar surface area (TPSA) is 49.8 Å². The molecular weight excluding hydrogens is 539 g/mol. The third-order valence-electron chi connectivity index (χ3n) is 6.63. The third-order valence-corrected chi connectivity index (χ3v) is 7.07. The van der Waals surface area contributed by atoms with Crippen LogP contribution in [0.2, 0.25) is 5.02 Å². The summed E-state index contributed by atoms with van der Waals surface area (Å²) in [5, 5.41) is 8.76. The second-order valence-electron chi connectivity index (χ2n) is 9.80. The third kappa shape index (κ3) is 9.42. The molecule has 0 bridgehead atoms. The Bertz CT molecular complexity index is 1260. The molecule has 0 aliphatic carbocycles. The van der Waals surface area contributed by atoms with Crippen molar-refractivity contribution >= 4 is 17.6 Å². The van der Waals surface area contributed by atoms with E-state index in [0.717, 1.165) is 30.0 Å². The molecule has 214 valence electrons. The van der Waals surface area contributed by atoms with Crippen LogP contribution in [0, 0.1) is 0 Å². The van der Waals surface area contributed by atoms with Gasteiger partial charge in [0, 0.05) is 25.6 Å². The van der Waals surface area contributed by atoms with E-state index < -0.39 is 17.7 Å². The molecule has 3 aromatic rings. The smallest absolute Gasteiger partial charge is 0.417 e. The number of ether oxygens (including phenoxy) is 1. The maximum Gasteiger partial charge on any atom is 0.417 e. The quantitative estimate of drug-likeness (QED) is 0.146.